The molecule has 0 saturated heterocycles. The number of hydrogen-bond acceptors (Lipinski definition) is 6. The Morgan fingerprint density at radius 2 is 1.07 bits per heavy atom. The predicted molar refractivity (Wildman–Crippen MR) is 122 cm³/mol. The summed E-state index contributed by atoms with van der Waals surface area (Å²) < 4.78 is 0. The number of thiophene rings is 2. The molecule has 0 aliphatic heterocycles. The lowest BCUT2D eigenvalue weighted by Gasteiger charge is -2.33. The minimum Gasteiger partial charge on any atom is -0.397 e. The van der Waals surface area contributed by atoms with E-state index in [4.69, 9.17) is 11.5 Å². The molecule has 4 N–H and O–H groups in total. The molecule has 0 atom stereocenters. The summed E-state index contributed by atoms with van der Waals surface area (Å²) in [7, 11) is 0. The van der Waals surface area contributed by atoms with E-state index in [0.29, 0.717) is 11.4 Å². The SMILES string of the molecule is Nc1cscc1C(=O)C1CCC(CC2CCC(C(=O)c3cscc3N)CC2)CC1. The number of nitrogen functional groups attached to an aromatic ring is 2. The van der Waals surface area contributed by atoms with Crippen molar-refractivity contribution in [1.29, 1.82) is 0 Å². The molecule has 2 heterocycles. The first-order valence-corrected chi connectivity index (χ1v) is 12.6. The van der Waals surface area contributed by atoms with Gasteiger partial charge in [-0.3, -0.25) is 9.59 Å². The van der Waals surface area contributed by atoms with E-state index in [1.807, 2.05) is 21.5 Å². The van der Waals surface area contributed by atoms with Crippen molar-refractivity contribution in [2.45, 2.75) is 57.8 Å². The van der Waals surface area contributed by atoms with E-state index >= 15 is 0 Å². The molecule has 2 aliphatic carbocycles. The van der Waals surface area contributed by atoms with Crippen LogP contribution < -0.4 is 11.5 Å². The molecule has 156 valence electrons. The predicted octanol–water partition coefficient (Wildman–Crippen LogP) is 6.04. The molecule has 29 heavy (non-hydrogen) atoms. The highest BCUT2D eigenvalue weighted by molar-refractivity contribution is 7.09. The maximum Gasteiger partial charge on any atom is 0.168 e. The number of hydrogen-bond donors (Lipinski definition) is 2. The van der Waals surface area contributed by atoms with Crippen molar-refractivity contribution in [2.75, 3.05) is 11.5 Å². The minimum absolute atomic E-state index is 0.146. The number of carbonyl (C=O) groups is 2. The first-order chi connectivity index (χ1) is 14.0. The third-order valence-corrected chi connectivity index (χ3v) is 8.54. The van der Waals surface area contributed by atoms with Crippen LogP contribution in [-0.4, -0.2) is 11.6 Å². The second kappa shape index (κ2) is 9.00. The van der Waals surface area contributed by atoms with Gasteiger partial charge in [-0.05, 0) is 69.6 Å². The first-order valence-electron chi connectivity index (χ1n) is 10.7. The van der Waals surface area contributed by atoms with Crippen molar-refractivity contribution in [3.05, 3.63) is 32.6 Å². The largest absolute Gasteiger partial charge is 0.397 e. The molecule has 6 heteroatoms. The molecule has 2 fully saturated rings. The minimum atomic E-state index is 0.146. The fourth-order valence-corrected chi connectivity index (χ4v) is 6.71. The molecular weight excluding hydrogens is 400 g/mol. The van der Waals surface area contributed by atoms with Gasteiger partial charge in [-0.1, -0.05) is 0 Å². The van der Waals surface area contributed by atoms with Gasteiger partial charge >= 0.3 is 0 Å². The summed E-state index contributed by atoms with van der Waals surface area (Å²) in [6.07, 6.45) is 9.79. The molecule has 4 rings (SSSR count). The maximum absolute atomic E-state index is 12.7. The molecule has 2 aromatic heterocycles. The van der Waals surface area contributed by atoms with E-state index in [1.54, 1.807) is 0 Å². The van der Waals surface area contributed by atoms with Gasteiger partial charge in [-0.15, -0.1) is 22.7 Å². The number of anilines is 2. The Balaban J connectivity index is 1.22. The van der Waals surface area contributed by atoms with Crippen LogP contribution in [0.2, 0.25) is 0 Å². The number of rotatable bonds is 6. The Kier molecular flexibility index (Phi) is 6.40. The molecular formula is C23H30N2O2S2. The normalized spacial score (nSPS) is 27.6. The Morgan fingerprint density at radius 1 is 0.690 bits per heavy atom. The Bertz CT molecular complexity index is 786. The number of Topliss-reactive ketones (excluding diaryl/α,β-unsaturated/α-hetero) is 2. The van der Waals surface area contributed by atoms with Gasteiger partial charge in [0.15, 0.2) is 11.6 Å². The van der Waals surface area contributed by atoms with E-state index in [0.717, 1.165) is 74.3 Å². The molecule has 0 spiro atoms. The fraction of sp³-hybridized carbons (Fsp3) is 0.565. The van der Waals surface area contributed by atoms with Gasteiger partial charge in [0.2, 0.25) is 0 Å². The molecule has 2 saturated carbocycles. The van der Waals surface area contributed by atoms with Gasteiger partial charge in [0.05, 0.1) is 22.5 Å². The van der Waals surface area contributed by atoms with Crippen LogP contribution in [-0.2, 0) is 0 Å². The van der Waals surface area contributed by atoms with Crippen LogP contribution in [0.1, 0.15) is 78.5 Å². The summed E-state index contributed by atoms with van der Waals surface area (Å²) in [6, 6.07) is 0. The zero-order valence-electron chi connectivity index (χ0n) is 16.8. The summed E-state index contributed by atoms with van der Waals surface area (Å²) in [4.78, 5) is 25.4. The van der Waals surface area contributed by atoms with Crippen LogP contribution in [0.5, 0.6) is 0 Å². The average Bonchev–Trinajstić information content (AvgIpc) is 3.36. The Morgan fingerprint density at radius 3 is 1.38 bits per heavy atom. The quantitative estimate of drug-likeness (QED) is 0.547. The lowest BCUT2D eigenvalue weighted by atomic mass is 9.71. The topological polar surface area (TPSA) is 86.2 Å². The zero-order chi connectivity index (χ0) is 20.4. The second-order valence-electron chi connectivity index (χ2n) is 8.88. The van der Waals surface area contributed by atoms with Gasteiger partial charge in [0.1, 0.15) is 0 Å². The molecule has 4 nitrogen and oxygen atoms in total. The highest BCUT2D eigenvalue weighted by atomic mass is 32.1. The molecule has 2 aliphatic rings. The van der Waals surface area contributed by atoms with Crippen LogP contribution >= 0.6 is 22.7 Å². The van der Waals surface area contributed by atoms with E-state index in [1.165, 1.54) is 29.1 Å². The number of ketones is 2. The Labute approximate surface area is 180 Å². The summed E-state index contributed by atoms with van der Waals surface area (Å²) in [5, 5.41) is 7.50. The van der Waals surface area contributed by atoms with Crippen molar-refractivity contribution in [2.24, 2.45) is 23.7 Å². The highest BCUT2D eigenvalue weighted by Crippen LogP contribution is 2.40. The standard InChI is InChI=1S/C23H30N2O2S2/c24-20-12-28-10-18(20)22(26)16-5-1-14(2-6-16)9-15-3-7-17(8-4-15)23(27)19-11-29-13-21(19)25/h10-17H,1-9,24-25H2. The van der Waals surface area contributed by atoms with Crippen LogP contribution in [0.4, 0.5) is 11.4 Å². The smallest absolute Gasteiger partial charge is 0.168 e. The summed E-state index contributed by atoms with van der Waals surface area (Å²) in [5.74, 6) is 2.23. The van der Waals surface area contributed by atoms with Crippen LogP contribution in [0.3, 0.4) is 0 Å². The van der Waals surface area contributed by atoms with Gasteiger partial charge in [-0.25, -0.2) is 0 Å². The zero-order valence-corrected chi connectivity index (χ0v) is 18.4. The molecule has 0 radical (unpaired) electrons. The van der Waals surface area contributed by atoms with E-state index in [-0.39, 0.29) is 23.4 Å². The third kappa shape index (κ3) is 4.58. The number of nitrogens with two attached hydrogens (primary N) is 2. The summed E-state index contributed by atoms with van der Waals surface area (Å²) in [6.45, 7) is 0. The van der Waals surface area contributed by atoms with Crippen molar-refractivity contribution in [3.63, 3.8) is 0 Å². The van der Waals surface area contributed by atoms with Gasteiger partial charge in [-0.2, -0.15) is 0 Å². The first kappa shape index (κ1) is 20.6. The van der Waals surface area contributed by atoms with Gasteiger partial charge < -0.3 is 11.5 Å². The van der Waals surface area contributed by atoms with Crippen LogP contribution in [0.25, 0.3) is 0 Å². The van der Waals surface area contributed by atoms with Crippen molar-refractivity contribution in [3.8, 4) is 0 Å². The van der Waals surface area contributed by atoms with E-state index < -0.39 is 0 Å². The van der Waals surface area contributed by atoms with Crippen LogP contribution in [0, 0.1) is 23.7 Å². The van der Waals surface area contributed by atoms with Crippen molar-refractivity contribution >= 4 is 45.6 Å². The third-order valence-electron chi connectivity index (χ3n) is 7.02. The molecule has 0 unspecified atom stereocenters. The van der Waals surface area contributed by atoms with Gasteiger partial charge in [0.25, 0.3) is 0 Å². The molecule has 0 bridgehead atoms. The van der Waals surface area contributed by atoms with Crippen LogP contribution in [0.15, 0.2) is 21.5 Å². The summed E-state index contributed by atoms with van der Waals surface area (Å²) in [5.41, 5.74) is 14.6. The van der Waals surface area contributed by atoms with Crippen molar-refractivity contribution < 1.29 is 9.59 Å². The van der Waals surface area contributed by atoms with E-state index in [2.05, 4.69) is 0 Å². The van der Waals surface area contributed by atoms with Gasteiger partial charge in [0, 0.05) is 33.4 Å². The second-order valence-corrected chi connectivity index (χ2v) is 10.4. The molecule has 0 amide bonds. The monoisotopic (exact) mass is 430 g/mol. The molecule has 0 aromatic carbocycles. The van der Waals surface area contributed by atoms with E-state index in [9.17, 15) is 9.59 Å². The highest BCUT2D eigenvalue weighted by Gasteiger charge is 2.32. The summed E-state index contributed by atoms with van der Waals surface area (Å²) >= 11 is 3.02. The fourth-order valence-electron chi connectivity index (χ4n) is 5.25. The maximum atomic E-state index is 12.7. The Hall–Kier alpha value is -1.66. The number of carbonyl (C=O) groups excluding carboxylic acids is 2. The lowest BCUT2D eigenvalue weighted by Crippen LogP contribution is -2.26. The van der Waals surface area contributed by atoms with Crippen molar-refractivity contribution in [1.82, 2.24) is 0 Å². The molecule has 2 aromatic rings. The average molecular weight is 431 g/mol. The lowest BCUT2D eigenvalue weighted by molar-refractivity contribution is 0.0846.